The molecule has 27 heavy (non-hydrogen) atoms. The van der Waals surface area contributed by atoms with Crippen LogP contribution >= 0.6 is 0 Å². The van der Waals surface area contributed by atoms with Gasteiger partial charge in [-0.25, -0.2) is 0 Å². The molecule has 2 atom stereocenters. The first-order chi connectivity index (χ1) is 13.2. The van der Waals surface area contributed by atoms with Crippen molar-refractivity contribution < 1.29 is 10.2 Å². The van der Waals surface area contributed by atoms with E-state index in [1.807, 2.05) is 60.7 Å². The van der Waals surface area contributed by atoms with Crippen LogP contribution in [-0.4, -0.2) is 46.2 Å². The van der Waals surface area contributed by atoms with E-state index in [1.54, 1.807) is 9.80 Å². The van der Waals surface area contributed by atoms with Crippen molar-refractivity contribution >= 4 is 0 Å². The van der Waals surface area contributed by atoms with Crippen molar-refractivity contribution in [3.63, 3.8) is 0 Å². The van der Waals surface area contributed by atoms with E-state index in [0.717, 1.165) is 11.1 Å². The smallest absolute Gasteiger partial charge is 0.134 e. The zero-order valence-corrected chi connectivity index (χ0v) is 15.1. The highest BCUT2D eigenvalue weighted by Crippen LogP contribution is 2.20. The Kier molecular flexibility index (Phi) is 8.44. The summed E-state index contributed by atoms with van der Waals surface area (Å²) in [6.07, 6.45) is -1.14. The lowest BCUT2D eigenvalue weighted by Gasteiger charge is -2.29. The second kappa shape index (κ2) is 11.1. The number of nitriles is 2. The summed E-state index contributed by atoms with van der Waals surface area (Å²) in [7, 11) is 0. The molecular formula is C21H24N4O2. The molecule has 0 bridgehead atoms. The monoisotopic (exact) mass is 364 g/mol. The molecule has 0 aromatic heterocycles. The Morgan fingerprint density at radius 1 is 0.704 bits per heavy atom. The predicted molar refractivity (Wildman–Crippen MR) is 102 cm³/mol. The van der Waals surface area contributed by atoms with Crippen molar-refractivity contribution in [3.05, 3.63) is 71.8 Å². The molecule has 2 aromatic rings. The van der Waals surface area contributed by atoms with Gasteiger partial charge in [0.05, 0.1) is 25.2 Å². The third-order valence-electron chi connectivity index (χ3n) is 4.33. The van der Waals surface area contributed by atoms with Crippen LogP contribution in [0.4, 0.5) is 0 Å². The average molecular weight is 364 g/mol. The normalized spacial score (nSPS) is 13.1. The van der Waals surface area contributed by atoms with Crippen LogP contribution in [0, 0.1) is 22.7 Å². The third-order valence-corrected chi connectivity index (χ3v) is 4.33. The predicted octanol–water partition coefficient (Wildman–Crippen LogP) is 2.41. The van der Waals surface area contributed by atoms with E-state index in [-0.39, 0.29) is 13.1 Å². The van der Waals surface area contributed by atoms with Crippen LogP contribution in [0.15, 0.2) is 60.7 Å². The second-order valence-electron chi connectivity index (χ2n) is 6.18. The Morgan fingerprint density at radius 2 is 1.07 bits per heavy atom. The fraction of sp³-hybridized carbons (Fsp3) is 0.333. The summed E-state index contributed by atoms with van der Waals surface area (Å²) in [5, 5.41) is 39.2. The van der Waals surface area contributed by atoms with Gasteiger partial charge in [0.2, 0.25) is 0 Å². The van der Waals surface area contributed by atoms with Gasteiger partial charge in [0.25, 0.3) is 0 Å². The maximum absolute atomic E-state index is 10.5. The molecule has 2 unspecified atom stereocenters. The molecule has 2 N–H and O–H groups in total. The van der Waals surface area contributed by atoms with Gasteiger partial charge in [-0.2, -0.15) is 10.5 Å². The van der Waals surface area contributed by atoms with E-state index in [0.29, 0.717) is 19.5 Å². The Balaban J connectivity index is 1.97. The SMILES string of the molecule is N#CCN(CCCN(CC#N)C(O)c1ccccc1)C(O)c1ccccc1. The van der Waals surface area contributed by atoms with Crippen molar-refractivity contribution in [1.29, 1.82) is 10.5 Å². The van der Waals surface area contributed by atoms with Crippen molar-refractivity contribution in [3.8, 4) is 12.1 Å². The van der Waals surface area contributed by atoms with Gasteiger partial charge >= 0.3 is 0 Å². The molecule has 0 saturated heterocycles. The van der Waals surface area contributed by atoms with Crippen molar-refractivity contribution in [1.82, 2.24) is 9.80 Å². The molecule has 0 saturated carbocycles. The van der Waals surface area contributed by atoms with E-state index >= 15 is 0 Å². The van der Waals surface area contributed by atoms with Gasteiger partial charge in [0.15, 0.2) is 0 Å². The van der Waals surface area contributed by atoms with Crippen LogP contribution < -0.4 is 0 Å². The molecule has 0 heterocycles. The van der Waals surface area contributed by atoms with Gasteiger partial charge in [-0.05, 0) is 17.5 Å². The first kappa shape index (κ1) is 20.6. The number of hydrogen-bond donors (Lipinski definition) is 2. The number of aliphatic hydroxyl groups is 2. The summed E-state index contributed by atoms with van der Waals surface area (Å²) in [5.74, 6) is 0. The highest BCUT2D eigenvalue weighted by molar-refractivity contribution is 5.18. The first-order valence-corrected chi connectivity index (χ1v) is 8.85. The minimum atomic E-state index is -0.866. The molecular weight excluding hydrogens is 340 g/mol. The molecule has 0 fully saturated rings. The highest BCUT2D eigenvalue weighted by atomic mass is 16.3. The molecule has 6 heteroatoms. The molecule has 0 amide bonds. The van der Waals surface area contributed by atoms with Gasteiger partial charge in [-0.3, -0.25) is 9.80 Å². The van der Waals surface area contributed by atoms with Gasteiger partial charge in [-0.15, -0.1) is 0 Å². The van der Waals surface area contributed by atoms with E-state index in [2.05, 4.69) is 12.1 Å². The van der Waals surface area contributed by atoms with Crippen LogP contribution in [0.3, 0.4) is 0 Å². The number of rotatable bonds is 10. The van der Waals surface area contributed by atoms with E-state index in [4.69, 9.17) is 10.5 Å². The summed E-state index contributed by atoms with van der Waals surface area (Å²) in [6.45, 7) is 1.12. The highest BCUT2D eigenvalue weighted by Gasteiger charge is 2.20. The maximum atomic E-state index is 10.5. The lowest BCUT2D eigenvalue weighted by Crippen LogP contribution is -2.35. The molecule has 140 valence electrons. The van der Waals surface area contributed by atoms with Crippen LogP contribution in [0.1, 0.15) is 30.0 Å². The molecule has 0 aliphatic heterocycles. The van der Waals surface area contributed by atoms with E-state index in [1.165, 1.54) is 0 Å². The molecule has 0 aliphatic rings. The van der Waals surface area contributed by atoms with E-state index < -0.39 is 12.5 Å². The quantitative estimate of drug-likeness (QED) is 0.497. The zero-order valence-electron chi connectivity index (χ0n) is 15.1. The lowest BCUT2D eigenvalue weighted by atomic mass is 10.1. The van der Waals surface area contributed by atoms with Crippen LogP contribution in [-0.2, 0) is 0 Å². The average Bonchev–Trinajstić information content (AvgIpc) is 2.72. The van der Waals surface area contributed by atoms with Gasteiger partial charge in [0.1, 0.15) is 12.5 Å². The van der Waals surface area contributed by atoms with Gasteiger partial charge in [0, 0.05) is 13.1 Å². The molecule has 2 aromatic carbocycles. The van der Waals surface area contributed by atoms with Crippen molar-refractivity contribution in [2.75, 3.05) is 26.2 Å². The summed E-state index contributed by atoms with van der Waals surface area (Å²) in [5.41, 5.74) is 1.46. The summed E-state index contributed by atoms with van der Waals surface area (Å²) < 4.78 is 0. The molecule has 2 rings (SSSR count). The largest absolute Gasteiger partial charge is 0.374 e. The zero-order chi connectivity index (χ0) is 19.5. The van der Waals surface area contributed by atoms with Gasteiger partial charge < -0.3 is 10.2 Å². The Bertz CT molecular complexity index is 690. The minimum absolute atomic E-state index is 0.0928. The summed E-state index contributed by atoms with van der Waals surface area (Å²) >= 11 is 0. The Morgan fingerprint density at radius 3 is 1.41 bits per heavy atom. The van der Waals surface area contributed by atoms with Crippen molar-refractivity contribution in [2.45, 2.75) is 18.9 Å². The number of hydrogen-bond acceptors (Lipinski definition) is 6. The third kappa shape index (κ3) is 6.18. The van der Waals surface area contributed by atoms with E-state index in [9.17, 15) is 10.2 Å². The molecule has 0 radical (unpaired) electrons. The Labute approximate surface area is 160 Å². The standard InChI is InChI=1S/C21H24N4O2/c22-12-16-24(20(26)18-8-3-1-4-9-18)14-7-15-25(17-13-23)21(27)19-10-5-2-6-11-19/h1-6,8-11,20-21,26-27H,7,14-17H2. The minimum Gasteiger partial charge on any atom is -0.374 e. The molecule has 6 nitrogen and oxygen atoms in total. The molecule has 0 aliphatic carbocycles. The summed E-state index contributed by atoms with van der Waals surface area (Å²) in [6, 6.07) is 22.5. The van der Waals surface area contributed by atoms with Crippen LogP contribution in [0.5, 0.6) is 0 Å². The van der Waals surface area contributed by atoms with Crippen molar-refractivity contribution in [2.24, 2.45) is 0 Å². The Hall–Kier alpha value is -2.74. The molecule has 0 spiro atoms. The first-order valence-electron chi connectivity index (χ1n) is 8.85. The lowest BCUT2D eigenvalue weighted by molar-refractivity contribution is -0.00767. The fourth-order valence-corrected chi connectivity index (χ4v) is 2.91. The van der Waals surface area contributed by atoms with Crippen LogP contribution in [0.2, 0.25) is 0 Å². The van der Waals surface area contributed by atoms with Gasteiger partial charge in [-0.1, -0.05) is 60.7 Å². The summed E-state index contributed by atoms with van der Waals surface area (Å²) in [4.78, 5) is 3.35. The number of nitrogens with zero attached hydrogens (tertiary/aromatic N) is 4. The number of aliphatic hydroxyl groups excluding tert-OH is 2. The van der Waals surface area contributed by atoms with Crippen LogP contribution in [0.25, 0.3) is 0 Å². The topological polar surface area (TPSA) is 94.5 Å². The number of benzene rings is 2. The second-order valence-corrected chi connectivity index (χ2v) is 6.18. The maximum Gasteiger partial charge on any atom is 0.134 e. The fourth-order valence-electron chi connectivity index (χ4n) is 2.91.